The maximum Gasteiger partial charge on any atom is 0.0107 e. The highest BCUT2D eigenvalue weighted by Crippen LogP contribution is 2.31. The van der Waals surface area contributed by atoms with Crippen molar-refractivity contribution in [1.82, 2.24) is 19.6 Å². The third kappa shape index (κ3) is 6.15. The number of nitrogens with zero attached hydrogens (tertiary/aromatic N) is 4. The Kier molecular flexibility index (Phi) is 7.61. The quantitative estimate of drug-likeness (QED) is 0.728. The van der Waals surface area contributed by atoms with Crippen LogP contribution in [0, 0.1) is 11.8 Å². The number of piperidine rings is 2. The zero-order valence-corrected chi connectivity index (χ0v) is 15.4. The Morgan fingerprint density at radius 2 is 0.636 bits per heavy atom. The van der Waals surface area contributed by atoms with Crippen LogP contribution >= 0.6 is 0 Å². The summed E-state index contributed by atoms with van der Waals surface area (Å²) in [7, 11) is 8.86. The van der Waals surface area contributed by atoms with Gasteiger partial charge in [-0.05, 0) is 91.9 Å². The molecule has 0 aromatic rings. The van der Waals surface area contributed by atoms with Gasteiger partial charge in [-0.2, -0.15) is 0 Å². The van der Waals surface area contributed by atoms with Crippen molar-refractivity contribution in [2.24, 2.45) is 11.8 Å². The van der Waals surface area contributed by atoms with Crippen molar-refractivity contribution in [3.63, 3.8) is 0 Å². The largest absolute Gasteiger partial charge is 0.306 e. The van der Waals surface area contributed by atoms with Crippen LogP contribution in [0.4, 0.5) is 0 Å². The molecule has 3 aliphatic heterocycles. The second kappa shape index (κ2) is 9.21. The first-order chi connectivity index (χ1) is 10.5. The smallest absolute Gasteiger partial charge is 0.0107 e. The summed E-state index contributed by atoms with van der Waals surface area (Å²) in [6.45, 7) is 10.3. The van der Waals surface area contributed by atoms with Gasteiger partial charge in [0.15, 0.2) is 0 Å². The van der Waals surface area contributed by atoms with Gasteiger partial charge in [0.05, 0.1) is 0 Å². The van der Waals surface area contributed by atoms with E-state index in [9.17, 15) is 0 Å². The van der Waals surface area contributed by atoms with Crippen molar-refractivity contribution in [2.75, 3.05) is 80.5 Å². The molecule has 3 saturated heterocycles. The lowest BCUT2D eigenvalue weighted by atomic mass is 9.79. The van der Waals surface area contributed by atoms with Gasteiger partial charge in [0.1, 0.15) is 0 Å². The van der Waals surface area contributed by atoms with Crippen LogP contribution < -0.4 is 0 Å². The van der Waals surface area contributed by atoms with E-state index in [2.05, 4.69) is 47.8 Å². The molecule has 22 heavy (non-hydrogen) atoms. The number of piperazine rings is 1. The first-order valence-electron chi connectivity index (χ1n) is 9.29. The van der Waals surface area contributed by atoms with Gasteiger partial charge in [0.2, 0.25) is 0 Å². The van der Waals surface area contributed by atoms with Gasteiger partial charge < -0.3 is 19.6 Å². The minimum atomic E-state index is 1.04. The molecule has 3 fully saturated rings. The zero-order chi connectivity index (χ0) is 15.9. The van der Waals surface area contributed by atoms with Gasteiger partial charge in [-0.25, -0.2) is 0 Å². The lowest BCUT2D eigenvalue weighted by molar-refractivity contribution is 0.117. The average Bonchev–Trinajstić information content (AvgIpc) is 2.53. The highest BCUT2D eigenvalue weighted by molar-refractivity contribution is 4.80. The Hall–Kier alpha value is -0.160. The van der Waals surface area contributed by atoms with Crippen molar-refractivity contribution in [1.29, 1.82) is 0 Å². The fourth-order valence-corrected chi connectivity index (χ4v) is 3.91. The number of likely N-dealkylation sites (tertiary alicyclic amines) is 2. The van der Waals surface area contributed by atoms with Crippen LogP contribution in [0.1, 0.15) is 25.7 Å². The third-order valence-electron chi connectivity index (χ3n) is 5.92. The summed E-state index contributed by atoms with van der Waals surface area (Å²) < 4.78 is 0. The molecule has 3 aliphatic rings. The summed E-state index contributed by atoms with van der Waals surface area (Å²) in [5.41, 5.74) is 0. The summed E-state index contributed by atoms with van der Waals surface area (Å²) in [5.74, 6) is 2.08. The molecule has 0 N–H and O–H groups in total. The van der Waals surface area contributed by atoms with E-state index < -0.39 is 0 Å². The molecule has 0 aromatic heterocycles. The molecule has 130 valence electrons. The first kappa shape index (κ1) is 18.2. The van der Waals surface area contributed by atoms with Crippen molar-refractivity contribution in [2.45, 2.75) is 25.7 Å². The van der Waals surface area contributed by atoms with E-state index in [4.69, 9.17) is 0 Å². The molecule has 0 saturated carbocycles. The Morgan fingerprint density at radius 1 is 0.409 bits per heavy atom. The summed E-state index contributed by atoms with van der Waals surface area (Å²) >= 11 is 0. The molecule has 0 radical (unpaired) electrons. The van der Waals surface area contributed by atoms with E-state index in [1.54, 1.807) is 0 Å². The van der Waals surface area contributed by atoms with Crippen LogP contribution in [-0.2, 0) is 0 Å². The molecule has 0 aliphatic carbocycles. The lowest BCUT2D eigenvalue weighted by Crippen LogP contribution is -2.42. The second-order valence-corrected chi connectivity index (χ2v) is 7.89. The Bertz CT molecular complexity index is 255. The predicted molar refractivity (Wildman–Crippen MR) is 95.4 cm³/mol. The van der Waals surface area contributed by atoms with Gasteiger partial charge in [-0.15, -0.1) is 0 Å². The molecule has 4 nitrogen and oxygen atoms in total. The van der Waals surface area contributed by atoms with E-state index in [0.717, 1.165) is 11.8 Å². The Morgan fingerprint density at radius 3 is 0.909 bits per heavy atom. The summed E-state index contributed by atoms with van der Waals surface area (Å²) in [5, 5.41) is 0. The molecule has 4 heteroatoms. The molecular formula is C18H38N4. The maximum atomic E-state index is 2.48. The maximum absolute atomic E-state index is 2.48. The summed E-state index contributed by atoms with van der Waals surface area (Å²) in [6, 6.07) is 0. The SMILES string of the molecule is CN1CCC(C2CCN(C)CC2)CC1.CN1CCN(C)CC1. The monoisotopic (exact) mass is 310 g/mol. The standard InChI is InChI=1S/C12H24N2.C6H14N2/c1-13-7-3-11(4-8-13)12-5-9-14(2)10-6-12;1-7-3-5-8(2)6-4-7/h11-12H,3-10H2,1-2H3;3-6H2,1-2H3. The molecule has 0 unspecified atom stereocenters. The molecule has 0 amide bonds. The fraction of sp³-hybridized carbons (Fsp3) is 1.00. The van der Waals surface area contributed by atoms with E-state index in [1.807, 2.05) is 0 Å². The molecule has 0 atom stereocenters. The number of hydrogen-bond donors (Lipinski definition) is 0. The van der Waals surface area contributed by atoms with Crippen molar-refractivity contribution in [3.8, 4) is 0 Å². The Balaban J connectivity index is 0.000000188. The average molecular weight is 311 g/mol. The predicted octanol–water partition coefficient (Wildman–Crippen LogP) is 1.53. The van der Waals surface area contributed by atoms with Crippen LogP contribution in [-0.4, -0.2) is 100 Å². The van der Waals surface area contributed by atoms with E-state index in [-0.39, 0.29) is 0 Å². The molecule has 0 spiro atoms. The number of hydrogen-bond acceptors (Lipinski definition) is 4. The molecular weight excluding hydrogens is 272 g/mol. The molecule has 0 bridgehead atoms. The van der Waals surface area contributed by atoms with Crippen molar-refractivity contribution >= 4 is 0 Å². The minimum absolute atomic E-state index is 1.04. The van der Waals surface area contributed by atoms with E-state index >= 15 is 0 Å². The topological polar surface area (TPSA) is 13.0 Å². The third-order valence-corrected chi connectivity index (χ3v) is 5.92. The van der Waals surface area contributed by atoms with Gasteiger partial charge in [-0.1, -0.05) is 0 Å². The van der Waals surface area contributed by atoms with E-state index in [0.29, 0.717) is 0 Å². The normalized spacial score (nSPS) is 28.4. The zero-order valence-electron chi connectivity index (χ0n) is 15.4. The first-order valence-corrected chi connectivity index (χ1v) is 9.29. The molecule has 3 heterocycles. The summed E-state index contributed by atoms with van der Waals surface area (Å²) in [6.07, 6.45) is 5.80. The lowest BCUT2D eigenvalue weighted by Gasteiger charge is -2.38. The van der Waals surface area contributed by atoms with Crippen LogP contribution in [0.5, 0.6) is 0 Å². The van der Waals surface area contributed by atoms with Crippen LogP contribution in [0.2, 0.25) is 0 Å². The molecule has 0 aromatic carbocycles. The van der Waals surface area contributed by atoms with Crippen molar-refractivity contribution < 1.29 is 0 Å². The summed E-state index contributed by atoms with van der Waals surface area (Å²) in [4.78, 5) is 9.68. The minimum Gasteiger partial charge on any atom is -0.306 e. The van der Waals surface area contributed by atoms with Gasteiger partial charge in [-0.3, -0.25) is 0 Å². The molecule has 3 rings (SSSR count). The highest BCUT2D eigenvalue weighted by Gasteiger charge is 2.27. The van der Waals surface area contributed by atoms with Gasteiger partial charge in [0, 0.05) is 26.2 Å². The number of likely N-dealkylation sites (N-methyl/N-ethyl adjacent to an activating group) is 2. The Labute approximate surface area is 138 Å². The van der Waals surface area contributed by atoms with Gasteiger partial charge in [0.25, 0.3) is 0 Å². The second-order valence-electron chi connectivity index (χ2n) is 7.89. The van der Waals surface area contributed by atoms with Crippen LogP contribution in [0.25, 0.3) is 0 Å². The van der Waals surface area contributed by atoms with Crippen LogP contribution in [0.15, 0.2) is 0 Å². The number of rotatable bonds is 1. The fourth-order valence-electron chi connectivity index (χ4n) is 3.91. The van der Waals surface area contributed by atoms with Gasteiger partial charge >= 0.3 is 0 Å². The highest BCUT2D eigenvalue weighted by atomic mass is 15.2. The van der Waals surface area contributed by atoms with Crippen LogP contribution in [0.3, 0.4) is 0 Å². The van der Waals surface area contributed by atoms with E-state index in [1.165, 1.54) is 78.0 Å². The van der Waals surface area contributed by atoms with Crippen molar-refractivity contribution in [3.05, 3.63) is 0 Å².